The number of esters is 1. The number of carbonyl (C=O) groups is 1. The zero-order valence-electron chi connectivity index (χ0n) is 14.4. The largest absolute Gasteiger partial charge is 0.462 e. The molecule has 7 heteroatoms. The van der Waals surface area contributed by atoms with E-state index in [1.54, 1.807) is 25.4 Å². The van der Waals surface area contributed by atoms with Gasteiger partial charge in [0.15, 0.2) is 0 Å². The van der Waals surface area contributed by atoms with Crippen LogP contribution >= 0.6 is 0 Å². The van der Waals surface area contributed by atoms with Crippen molar-refractivity contribution in [2.75, 3.05) is 20.2 Å². The summed E-state index contributed by atoms with van der Waals surface area (Å²) in [6.07, 6.45) is -3.73. The van der Waals surface area contributed by atoms with Crippen LogP contribution in [0.4, 0.5) is 18.9 Å². The first-order valence-corrected chi connectivity index (χ1v) is 7.74. The average Bonchev–Trinajstić information content (AvgIpc) is 2.51. The fraction of sp³-hybridized carbons (Fsp3) is 0.529. The molecule has 4 nitrogen and oxygen atoms in total. The molecule has 0 aliphatic heterocycles. The van der Waals surface area contributed by atoms with Crippen LogP contribution in [0.5, 0.6) is 0 Å². The fourth-order valence-corrected chi connectivity index (χ4v) is 1.93. The van der Waals surface area contributed by atoms with Crippen molar-refractivity contribution in [3.05, 3.63) is 28.8 Å². The molecule has 0 fully saturated rings. The Morgan fingerprint density at radius 2 is 1.96 bits per heavy atom. The number of nitrogens with zero attached hydrogens (tertiary/aromatic N) is 2. The molecule has 1 rings (SSSR count). The summed E-state index contributed by atoms with van der Waals surface area (Å²) in [4.78, 5) is 18.3. The lowest BCUT2D eigenvalue weighted by Gasteiger charge is -2.13. The molecule has 0 spiro atoms. The van der Waals surface area contributed by atoms with E-state index in [2.05, 4.69) is 4.99 Å². The van der Waals surface area contributed by atoms with Gasteiger partial charge in [0.25, 0.3) is 0 Å². The Bertz CT molecular complexity index is 598. The Morgan fingerprint density at radius 1 is 1.29 bits per heavy atom. The van der Waals surface area contributed by atoms with E-state index in [1.807, 2.05) is 25.8 Å². The molecule has 0 atom stereocenters. The monoisotopic (exact) mass is 344 g/mol. The van der Waals surface area contributed by atoms with E-state index in [4.69, 9.17) is 4.74 Å². The van der Waals surface area contributed by atoms with Crippen LogP contribution in [-0.2, 0) is 4.74 Å². The quantitative estimate of drug-likeness (QED) is 0.318. The molecule has 0 aromatic heterocycles. The van der Waals surface area contributed by atoms with Crippen molar-refractivity contribution in [3.63, 3.8) is 0 Å². The second-order valence-corrected chi connectivity index (χ2v) is 5.55. The lowest BCUT2D eigenvalue weighted by molar-refractivity contribution is -0.137. The Kier molecular flexibility index (Phi) is 7.25. The van der Waals surface area contributed by atoms with Crippen LogP contribution in [0.25, 0.3) is 0 Å². The van der Waals surface area contributed by atoms with E-state index in [-0.39, 0.29) is 13.0 Å². The van der Waals surface area contributed by atoms with E-state index < -0.39 is 18.6 Å². The number of hydrogen-bond donors (Lipinski definition) is 0. The highest BCUT2D eigenvalue weighted by atomic mass is 19.4. The van der Waals surface area contributed by atoms with Crippen LogP contribution in [0.3, 0.4) is 0 Å². The van der Waals surface area contributed by atoms with E-state index in [0.29, 0.717) is 11.1 Å². The Morgan fingerprint density at radius 3 is 2.54 bits per heavy atom. The van der Waals surface area contributed by atoms with Gasteiger partial charge in [-0.25, -0.2) is 9.79 Å². The van der Waals surface area contributed by atoms with Crippen LogP contribution in [-0.4, -0.2) is 43.6 Å². The molecule has 0 aliphatic carbocycles. The van der Waals surface area contributed by atoms with Crippen LogP contribution in [0.1, 0.15) is 41.3 Å². The Labute approximate surface area is 140 Å². The number of aliphatic imine (C=N–C) groups is 1. The SMILES string of the molecule is CCN(C)/C=N/c1ccc(C(=O)OCCCC(F)(F)F)c(C)c1C. The zero-order valence-corrected chi connectivity index (χ0v) is 14.4. The summed E-state index contributed by atoms with van der Waals surface area (Å²) >= 11 is 0. The minimum atomic E-state index is -4.23. The third kappa shape index (κ3) is 6.22. The van der Waals surface area contributed by atoms with Gasteiger partial charge >= 0.3 is 12.1 Å². The summed E-state index contributed by atoms with van der Waals surface area (Å²) in [5.74, 6) is -0.612. The first kappa shape index (κ1) is 20.0. The fourth-order valence-electron chi connectivity index (χ4n) is 1.93. The highest BCUT2D eigenvalue weighted by molar-refractivity contribution is 5.92. The van der Waals surface area contributed by atoms with Crippen molar-refractivity contribution in [3.8, 4) is 0 Å². The summed E-state index contributed by atoms with van der Waals surface area (Å²) in [5, 5.41) is 0. The van der Waals surface area contributed by atoms with Gasteiger partial charge in [0.1, 0.15) is 0 Å². The number of carbonyl (C=O) groups excluding carboxylic acids is 1. The third-order valence-electron chi connectivity index (χ3n) is 3.71. The smallest absolute Gasteiger partial charge is 0.389 e. The molecule has 0 aliphatic rings. The molecule has 0 radical (unpaired) electrons. The molecule has 0 saturated carbocycles. The van der Waals surface area contributed by atoms with Crippen LogP contribution in [0.2, 0.25) is 0 Å². The normalized spacial score (nSPS) is 11.8. The maximum absolute atomic E-state index is 12.1. The number of rotatable bonds is 7. The molecule has 1 aromatic rings. The van der Waals surface area contributed by atoms with Gasteiger partial charge in [-0.2, -0.15) is 13.2 Å². The highest BCUT2D eigenvalue weighted by Crippen LogP contribution is 2.25. The molecule has 0 unspecified atom stereocenters. The summed E-state index contributed by atoms with van der Waals surface area (Å²) in [6, 6.07) is 3.29. The number of ether oxygens (including phenoxy) is 1. The van der Waals surface area contributed by atoms with E-state index >= 15 is 0 Å². The van der Waals surface area contributed by atoms with Crippen LogP contribution < -0.4 is 0 Å². The maximum Gasteiger partial charge on any atom is 0.389 e. The van der Waals surface area contributed by atoms with Crippen molar-refractivity contribution in [2.45, 2.75) is 39.8 Å². The lowest BCUT2D eigenvalue weighted by Crippen LogP contribution is -2.14. The molecule has 0 amide bonds. The first-order chi connectivity index (χ1) is 11.2. The number of benzene rings is 1. The van der Waals surface area contributed by atoms with Gasteiger partial charge in [0.2, 0.25) is 0 Å². The third-order valence-corrected chi connectivity index (χ3v) is 3.71. The van der Waals surface area contributed by atoms with Gasteiger partial charge in [0, 0.05) is 20.0 Å². The number of alkyl halides is 3. The van der Waals surface area contributed by atoms with Gasteiger partial charge in [-0.3, -0.25) is 0 Å². The summed E-state index contributed by atoms with van der Waals surface area (Å²) in [5.41, 5.74) is 2.63. The van der Waals surface area contributed by atoms with Gasteiger partial charge in [-0.15, -0.1) is 0 Å². The first-order valence-electron chi connectivity index (χ1n) is 7.74. The van der Waals surface area contributed by atoms with Crippen molar-refractivity contribution in [1.82, 2.24) is 4.90 Å². The van der Waals surface area contributed by atoms with Gasteiger partial charge in [-0.1, -0.05) is 0 Å². The molecule has 1 aromatic carbocycles. The van der Waals surface area contributed by atoms with Gasteiger partial charge in [-0.05, 0) is 50.5 Å². The molecular formula is C17H23F3N2O2. The van der Waals surface area contributed by atoms with E-state index in [1.165, 1.54) is 0 Å². The molecule has 0 heterocycles. The summed E-state index contributed by atoms with van der Waals surface area (Å²) < 4.78 is 41.1. The average molecular weight is 344 g/mol. The minimum absolute atomic E-state index is 0.237. The Hall–Kier alpha value is -2.05. The summed E-state index contributed by atoms with van der Waals surface area (Å²) in [7, 11) is 1.90. The van der Waals surface area contributed by atoms with Crippen LogP contribution in [0, 0.1) is 13.8 Å². The molecule has 0 bridgehead atoms. The molecule has 24 heavy (non-hydrogen) atoms. The second kappa shape index (κ2) is 8.70. The van der Waals surface area contributed by atoms with E-state index in [0.717, 1.165) is 17.8 Å². The Balaban J connectivity index is 2.74. The topological polar surface area (TPSA) is 41.9 Å². The number of halogens is 3. The molecule has 134 valence electrons. The maximum atomic E-state index is 12.1. The van der Waals surface area contributed by atoms with Crippen molar-refractivity contribution in [2.24, 2.45) is 4.99 Å². The zero-order chi connectivity index (χ0) is 18.3. The number of hydrogen-bond acceptors (Lipinski definition) is 3. The minimum Gasteiger partial charge on any atom is -0.462 e. The van der Waals surface area contributed by atoms with E-state index in [9.17, 15) is 18.0 Å². The molecule has 0 saturated heterocycles. The van der Waals surface area contributed by atoms with Crippen LogP contribution in [0.15, 0.2) is 17.1 Å². The van der Waals surface area contributed by atoms with Gasteiger partial charge < -0.3 is 9.64 Å². The van der Waals surface area contributed by atoms with Crippen molar-refractivity contribution in [1.29, 1.82) is 0 Å². The predicted octanol–water partition coefficient (Wildman–Crippen LogP) is 4.41. The second-order valence-electron chi connectivity index (χ2n) is 5.55. The van der Waals surface area contributed by atoms with Crippen molar-refractivity contribution < 1.29 is 22.7 Å². The lowest BCUT2D eigenvalue weighted by atomic mass is 10.0. The summed E-state index contributed by atoms with van der Waals surface area (Å²) in [6.45, 7) is 6.18. The highest BCUT2D eigenvalue weighted by Gasteiger charge is 2.26. The molecular weight excluding hydrogens is 321 g/mol. The standard InChI is InChI=1S/C17H23F3N2O2/c1-5-22(4)11-21-15-8-7-14(12(2)13(15)3)16(23)24-10-6-9-17(18,19)20/h7-8,11H,5-6,9-10H2,1-4H3/b21-11+. The predicted molar refractivity (Wildman–Crippen MR) is 87.9 cm³/mol. The van der Waals surface area contributed by atoms with Crippen molar-refractivity contribution >= 4 is 18.0 Å². The van der Waals surface area contributed by atoms with Gasteiger partial charge in [0.05, 0.1) is 24.2 Å². The molecule has 0 N–H and O–H groups in total.